The number of fused-ring (bicyclic) bond motifs is 1. The fourth-order valence-corrected chi connectivity index (χ4v) is 5.21. The number of aliphatic hydroxyl groups excluding tert-OH is 7. The number of phenols is 1. The third-order valence-corrected chi connectivity index (χ3v) is 7.51. The number of pyridine rings is 1. The van der Waals surface area contributed by atoms with E-state index in [-0.39, 0.29) is 28.2 Å². The Labute approximate surface area is 254 Å². The van der Waals surface area contributed by atoms with Crippen LogP contribution in [0.5, 0.6) is 17.2 Å². The maximum atomic E-state index is 13.1. The zero-order chi connectivity index (χ0) is 32.6. The summed E-state index contributed by atoms with van der Waals surface area (Å²) in [4.78, 5) is 28.0. The lowest BCUT2D eigenvalue weighted by molar-refractivity contribution is -0.352. The normalized spacial score (nSPS) is 31.9. The van der Waals surface area contributed by atoms with Crippen molar-refractivity contribution >= 4 is 16.9 Å². The summed E-state index contributed by atoms with van der Waals surface area (Å²) in [6.07, 6.45) is -16.6. The van der Waals surface area contributed by atoms with Crippen LogP contribution in [0, 0.1) is 0 Å². The molecule has 2 fully saturated rings. The van der Waals surface area contributed by atoms with Gasteiger partial charge in [-0.15, -0.1) is 0 Å². The smallest absolute Gasteiger partial charge is 0.308 e. The maximum absolute atomic E-state index is 13.1. The highest BCUT2D eigenvalue weighted by atomic mass is 16.7. The fourth-order valence-electron chi connectivity index (χ4n) is 5.21. The number of aliphatic hydroxyl groups is 7. The number of ether oxygens (including phenoxy) is 5. The van der Waals surface area contributed by atoms with E-state index in [0.29, 0.717) is 11.3 Å². The van der Waals surface area contributed by atoms with Crippen LogP contribution in [0.4, 0.5) is 0 Å². The first-order valence-corrected chi connectivity index (χ1v) is 13.9. The average Bonchev–Trinajstić information content (AvgIpc) is 3.00. The van der Waals surface area contributed by atoms with E-state index < -0.39 is 86.0 Å². The number of nitrogens with one attached hydrogen (secondary N) is 1. The third-order valence-electron chi connectivity index (χ3n) is 7.51. The lowest BCUT2D eigenvalue weighted by Crippen LogP contribution is -2.65. The highest BCUT2D eigenvalue weighted by molar-refractivity contribution is 5.90. The molecule has 0 spiro atoms. The molecule has 0 amide bonds. The maximum Gasteiger partial charge on any atom is 0.308 e. The van der Waals surface area contributed by atoms with Gasteiger partial charge in [0.25, 0.3) is 0 Å². The van der Waals surface area contributed by atoms with Crippen LogP contribution in [-0.2, 0) is 19.0 Å². The van der Waals surface area contributed by atoms with Gasteiger partial charge < -0.3 is 69.5 Å². The number of benzene rings is 2. The van der Waals surface area contributed by atoms with E-state index in [2.05, 4.69) is 4.98 Å². The van der Waals surface area contributed by atoms with Crippen LogP contribution in [0.25, 0.3) is 22.2 Å². The molecule has 45 heavy (non-hydrogen) atoms. The Kier molecular flexibility index (Phi) is 9.71. The van der Waals surface area contributed by atoms with Gasteiger partial charge >= 0.3 is 5.97 Å². The van der Waals surface area contributed by atoms with Gasteiger partial charge in [0.2, 0.25) is 6.29 Å². The summed E-state index contributed by atoms with van der Waals surface area (Å²) in [7, 11) is 0. The lowest BCUT2D eigenvalue weighted by Gasteiger charge is -2.45. The molecule has 0 saturated carbocycles. The fraction of sp³-hybridized carbons (Fsp3) is 0.448. The van der Waals surface area contributed by atoms with E-state index in [1.807, 2.05) is 0 Å². The zero-order valence-electron chi connectivity index (χ0n) is 23.7. The number of hydrogen-bond donors (Lipinski definition) is 9. The quantitative estimate of drug-likeness (QED) is 0.0942. The molecule has 1 aromatic heterocycles. The zero-order valence-corrected chi connectivity index (χ0v) is 23.7. The first-order valence-electron chi connectivity index (χ1n) is 13.9. The Morgan fingerprint density at radius 2 is 1.49 bits per heavy atom. The van der Waals surface area contributed by atoms with Gasteiger partial charge in [0.05, 0.1) is 24.1 Å². The Bertz CT molecular complexity index is 1560. The van der Waals surface area contributed by atoms with Gasteiger partial charge in [-0.2, -0.15) is 0 Å². The minimum absolute atomic E-state index is 0.00597. The van der Waals surface area contributed by atoms with Gasteiger partial charge in [0.1, 0.15) is 66.1 Å². The number of aromatic nitrogens is 1. The Morgan fingerprint density at radius 3 is 2.13 bits per heavy atom. The van der Waals surface area contributed by atoms with E-state index in [1.165, 1.54) is 30.3 Å². The largest absolute Gasteiger partial charge is 0.508 e. The standard InChI is InChI=1S/C29H33NO15/c1-11(33)41-18-7-14(6-16-21(18)17(35)8-15(30-16)12-2-4-13(34)5-3-12)42-28-26(40)24(38)27(20(10-32)44-28)45-29-25(39)23(37)22(36)19(9-31)43-29/h2-8,19-20,22-29,31-32,34,36-40H,9-10H2,1H3,(H,30,35)/t19-,20+,22-,23+,24+,25+,26+,27?,28?,29?/m0/s1. The van der Waals surface area contributed by atoms with E-state index >= 15 is 0 Å². The van der Waals surface area contributed by atoms with Crippen LogP contribution in [-0.4, -0.2) is 126 Å². The predicted molar refractivity (Wildman–Crippen MR) is 150 cm³/mol. The first kappa shape index (κ1) is 32.7. The molecule has 16 nitrogen and oxygen atoms in total. The predicted octanol–water partition coefficient (Wildman–Crippen LogP) is -2.17. The summed E-state index contributed by atoms with van der Waals surface area (Å²) < 4.78 is 27.6. The van der Waals surface area contributed by atoms with Crippen molar-refractivity contribution in [1.82, 2.24) is 4.98 Å². The van der Waals surface area contributed by atoms with E-state index in [1.54, 1.807) is 12.1 Å². The lowest BCUT2D eigenvalue weighted by atomic mass is 9.97. The molecule has 0 bridgehead atoms. The summed E-state index contributed by atoms with van der Waals surface area (Å²) in [6.45, 7) is -0.394. The van der Waals surface area contributed by atoms with E-state index in [4.69, 9.17) is 23.7 Å². The van der Waals surface area contributed by atoms with Crippen LogP contribution in [0.1, 0.15) is 6.92 Å². The van der Waals surface area contributed by atoms with Crippen molar-refractivity contribution < 1.29 is 69.3 Å². The SMILES string of the molecule is CC(=O)Oc1cc(OC2O[C@H](CO)C(OC3O[C@@H](CO)[C@H](O)[C@@H](O)[C@H]3O)[C@H](O)[C@H]2O)cc2[nH]c(-c3ccc(O)cc3)cc(=O)c12. The number of esters is 1. The highest BCUT2D eigenvalue weighted by Gasteiger charge is 2.51. The van der Waals surface area contributed by atoms with Gasteiger partial charge in [-0.3, -0.25) is 9.59 Å². The Balaban J connectivity index is 1.42. The highest BCUT2D eigenvalue weighted by Crippen LogP contribution is 2.34. The van der Waals surface area contributed by atoms with Gasteiger partial charge in [-0.1, -0.05) is 0 Å². The number of hydrogen-bond acceptors (Lipinski definition) is 15. The number of H-pyrrole nitrogens is 1. The molecule has 2 aliphatic rings. The number of rotatable bonds is 8. The molecule has 2 aliphatic heterocycles. The second kappa shape index (κ2) is 13.4. The second-order valence-corrected chi connectivity index (χ2v) is 10.7. The van der Waals surface area contributed by atoms with Crippen molar-refractivity contribution in [2.45, 2.75) is 68.3 Å². The monoisotopic (exact) mass is 635 g/mol. The number of aromatic amines is 1. The second-order valence-electron chi connectivity index (χ2n) is 10.7. The molecular formula is C29H33NO15. The van der Waals surface area contributed by atoms with Crippen molar-refractivity contribution in [2.24, 2.45) is 0 Å². The summed E-state index contributed by atoms with van der Waals surface area (Å²) >= 11 is 0. The van der Waals surface area contributed by atoms with Gasteiger partial charge in [-0.25, -0.2) is 0 Å². The summed E-state index contributed by atoms with van der Waals surface area (Å²) in [6, 6.07) is 9.86. The van der Waals surface area contributed by atoms with Crippen LogP contribution in [0.15, 0.2) is 47.3 Å². The molecule has 2 saturated heterocycles. The van der Waals surface area contributed by atoms with Crippen LogP contribution in [0.3, 0.4) is 0 Å². The number of phenolic OH excluding ortho intramolecular Hbond substituents is 1. The van der Waals surface area contributed by atoms with Gasteiger partial charge in [0.15, 0.2) is 11.7 Å². The third kappa shape index (κ3) is 6.66. The minimum atomic E-state index is -1.85. The first-order chi connectivity index (χ1) is 21.4. The van der Waals surface area contributed by atoms with Crippen molar-refractivity contribution in [2.75, 3.05) is 13.2 Å². The van der Waals surface area contributed by atoms with Crippen molar-refractivity contribution in [1.29, 1.82) is 0 Å². The van der Waals surface area contributed by atoms with Crippen molar-refractivity contribution in [3.05, 3.63) is 52.7 Å². The molecule has 3 unspecified atom stereocenters. The molecule has 9 N–H and O–H groups in total. The van der Waals surface area contributed by atoms with E-state index in [0.717, 1.165) is 6.92 Å². The van der Waals surface area contributed by atoms with Gasteiger partial charge in [-0.05, 0) is 29.8 Å². The summed E-state index contributed by atoms with van der Waals surface area (Å²) in [5.74, 6) is -0.987. The summed E-state index contributed by atoms with van der Waals surface area (Å²) in [5.41, 5.74) is 0.564. The Hall–Kier alpha value is -3.68. The molecule has 3 aromatic rings. The molecule has 5 rings (SSSR count). The molecule has 2 aromatic carbocycles. The average molecular weight is 636 g/mol. The molecule has 0 radical (unpaired) electrons. The molecule has 3 heterocycles. The van der Waals surface area contributed by atoms with Crippen molar-refractivity contribution in [3.8, 4) is 28.5 Å². The van der Waals surface area contributed by atoms with Crippen LogP contribution in [0.2, 0.25) is 0 Å². The molecule has 16 heteroatoms. The molecule has 10 atom stereocenters. The number of aromatic hydroxyl groups is 1. The minimum Gasteiger partial charge on any atom is -0.508 e. The molecular weight excluding hydrogens is 602 g/mol. The van der Waals surface area contributed by atoms with Gasteiger partial charge in [0, 0.05) is 30.8 Å². The Morgan fingerprint density at radius 1 is 0.844 bits per heavy atom. The molecule has 0 aliphatic carbocycles. The van der Waals surface area contributed by atoms with Crippen LogP contribution < -0.4 is 14.9 Å². The van der Waals surface area contributed by atoms with Crippen molar-refractivity contribution in [3.63, 3.8) is 0 Å². The topological polar surface area (TPSA) is 258 Å². The molecule has 244 valence electrons. The number of carbonyl (C=O) groups is 1. The van der Waals surface area contributed by atoms with E-state index in [9.17, 15) is 50.4 Å². The number of carbonyl (C=O) groups excluding carboxylic acids is 1. The summed E-state index contributed by atoms with van der Waals surface area (Å²) in [5, 5.41) is 81.3. The van der Waals surface area contributed by atoms with Crippen LogP contribution >= 0.6 is 0 Å².